The smallest absolute Gasteiger partial charge is 0.359 e. The molecule has 1 heterocycles. The molecule has 2 aromatic rings. The summed E-state index contributed by atoms with van der Waals surface area (Å²) in [6.45, 7) is 1.70. The number of carbonyl (C=O) groups is 3. The summed E-state index contributed by atoms with van der Waals surface area (Å²) in [5, 5.41) is 15.8. The monoisotopic (exact) mass is 542 g/mol. The number of hydrogen-bond donors (Lipinski definition) is 1. The quantitative estimate of drug-likeness (QED) is 0.269. The van der Waals surface area contributed by atoms with Gasteiger partial charge < -0.3 is 9.84 Å². The lowest BCUT2D eigenvalue weighted by molar-refractivity contribution is -0.135. The lowest BCUT2D eigenvalue weighted by Crippen LogP contribution is -2.23. The second-order valence-electron chi connectivity index (χ2n) is 7.47. The first-order valence-electron chi connectivity index (χ1n) is 10.6. The van der Waals surface area contributed by atoms with E-state index in [1.807, 2.05) is 0 Å². The third-order valence-electron chi connectivity index (χ3n) is 5.21. The molecular weight excluding hydrogens is 527 g/mol. The summed E-state index contributed by atoms with van der Waals surface area (Å²) in [6.07, 6.45) is 7.38. The molecule has 1 amide bonds. The number of hydrogen-bond acceptors (Lipinski definition) is 6. The Bertz CT molecular complexity index is 1430. The van der Waals surface area contributed by atoms with Crippen LogP contribution < -0.4 is 5.01 Å². The number of esters is 1. The third-order valence-corrected chi connectivity index (χ3v) is 6.01. The first-order chi connectivity index (χ1) is 17.2. The molecule has 10 heteroatoms. The number of ether oxygens (including phenoxy) is 1. The molecule has 2 aliphatic rings. The number of benzene rings is 2. The number of Topliss-reactive ketones (excluding diaryl/α,β-unsaturated/α-hetero) is 1. The minimum Gasteiger partial charge on any atom is -0.507 e. The van der Waals surface area contributed by atoms with Crippen molar-refractivity contribution in [3.8, 4) is 0 Å². The number of nitrogens with zero attached hydrogens (tertiary/aromatic N) is 2. The van der Waals surface area contributed by atoms with Gasteiger partial charge >= 0.3 is 5.97 Å². The Morgan fingerprint density at radius 1 is 1.06 bits per heavy atom. The molecule has 0 bridgehead atoms. The van der Waals surface area contributed by atoms with Crippen molar-refractivity contribution in [3.63, 3.8) is 0 Å². The van der Waals surface area contributed by atoms with Crippen molar-refractivity contribution in [2.24, 2.45) is 5.10 Å². The van der Waals surface area contributed by atoms with E-state index in [1.54, 1.807) is 31.2 Å². The van der Waals surface area contributed by atoms with Crippen LogP contribution in [0.3, 0.4) is 0 Å². The van der Waals surface area contributed by atoms with Gasteiger partial charge in [0.1, 0.15) is 11.4 Å². The highest BCUT2D eigenvalue weighted by molar-refractivity contribution is 6.54. The maximum atomic E-state index is 13.1. The van der Waals surface area contributed by atoms with Crippen molar-refractivity contribution in [3.05, 3.63) is 104 Å². The second-order valence-corrected chi connectivity index (χ2v) is 8.72. The van der Waals surface area contributed by atoms with Crippen LogP contribution in [0.5, 0.6) is 0 Å². The molecule has 0 aromatic heterocycles. The molecule has 7 nitrogen and oxygen atoms in total. The number of halogens is 3. The van der Waals surface area contributed by atoms with Gasteiger partial charge in [0.15, 0.2) is 11.5 Å². The van der Waals surface area contributed by atoms with E-state index >= 15 is 0 Å². The fourth-order valence-electron chi connectivity index (χ4n) is 3.61. The van der Waals surface area contributed by atoms with E-state index in [9.17, 15) is 19.5 Å². The lowest BCUT2D eigenvalue weighted by atomic mass is 10.1. The van der Waals surface area contributed by atoms with Crippen LogP contribution in [0, 0.1) is 0 Å². The van der Waals surface area contributed by atoms with Crippen molar-refractivity contribution < 1.29 is 24.2 Å². The maximum Gasteiger partial charge on any atom is 0.359 e. The third kappa shape index (κ3) is 4.73. The molecule has 0 unspecified atom stereocenters. The van der Waals surface area contributed by atoms with Crippen LogP contribution in [0.2, 0.25) is 15.1 Å². The summed E-state index contributed by atoms with van der Waals surface area (Å²) >= 11 is 18.4. The molecule has 0 saturated heterocycles. The molecule has 2 aromatic carbocycles. The Morgan fingerprint density at radius 2 is 1.72 bits per heavy atom. The zero-order valence-electron chi connectivity index (χ0n) is 18.7. The SMILES string of the molecule is CCOC(=O)C1=NN(c2c(Cl)cc(Cl)cc2Cl)C(=O)/C1=C\C=CC=CC1=C(O)c2ccccc2C1=O. The van der Waals surface area contributed by atoms with E-state index in [1.165, 1.54) is 42.5 Å². The molecule has 1 aliphatic carbocycles. The zero-order valence-corrected chi connectivity index (χ0v) is 20.9. The predicted octanol–water partition coefficient (Wildman–Crippen LogP) is 6.12. The van der Waals surface area contributed by atoms with Crippen LogP contribution in [0.4, 0.5) is 5.69 Å². The molecule has 0 radical (unpaired) electrons. The molecule has 0 fully saturated rings. The van der Waals surface area contributed by atoms with E-state index in [0.717, 1.165) is 5.01 Å². The Balaban J connectivity index is 1.61. The molecule has 1 aliphatic heterocycles. The molecule has 0 atom stereocenters. The number of hydrazone groups is 1. The first kappa shape index (κ1) is 25.4. The average Bonchev–Trinajstić information content (AvgIpc) is 3.28. The molecule has 1 N–H and O–H groups in total. The summed E-state index contributed by atoms with van der Waals surface area (Å²) in [5.74, 6) is -1.84. The van der Waals surface area contributed by atoms with E-state index in [-0.39, 0.29) is 55.8 Å². The number of fused-ring (bicyclic) bond motifs is 1. The molecule has 0 saturated carbocycles. The molecule has 0 spiro atoms. The number of rotatable bonds is 6. The van der Waals surface area contributed by atoms with Crippen molar-refractivity contribution in [2.75, 3.05) is 11.6 Å². The number of carbonyl (C=O) groups excluding carboxylic acids is 3. The molecule has 36 heavy (non-hydrogen) atoms. The molecule has 4 rings (SSSR count). The van der Waals surface area contributed by atoms with Crippen LogP contribution >= 0.6 is 34.8 Å². The average molecular weight is 544 g/mol. The van der Waals surface area contributed by atoms with Crippen molar-refractivity contribution >= 4 is 69.6 Å². The van der Waals surface area contributed by atoms with Gasteiger partial charge in [0.25, 0.3) is 5.91 Å². The highest BCUT2D eigenvalue weighted by Gasteiger charge is 2.37. The van der Waals surface area contributed by atoms with Gasteiger partial charge in [-0.3, -0.25) is 9.59 Å². The van der Waals surface area contributed by atoms with Gasteiger partial charge in [-0.25, -0.2) is 4.79 Å². The highest BCUT2D eigenvalue weighted by atomic mass is 35.5. The van der Waals surface area contributed by atoms with E-state index in [0.29, 0.717) is 11.1 Å². The summed E-state index contributed by atoms with van der Waals surface area (Å²) in [5.41, 5.74) is 0.846. The van der Waals surface area contributed by atoms with E-state index < -0.39 is 11.9 Å². The molecular formula is C26H17Cl3N2O5. The van der Waals surface area contributed by atoms with Crippen molar-refractivity contribution in [2.45, 2.75) is 6.92 Å². The fourth-order valence-corrected chi connectivity index (χ4v) is 4.59. The van der Waals surface area contributed by atoms with Crippen LogP contribution in [-0.2, 0) is 14.3 Å². The Morgan fingerprint density at radius 3 is 2.36 bits per heavy atom. The van der Waals surface area contributed by atoms with Gasteiger partial charge in [0.2, 0.25) is 0 Å². The Labute approximate surface area is 221 Å². The van der Waals surface area contributed by atoms with E-state index in [2.05, 4.69) is 5.10 Å². The number of aliphatic hydroxyl groups excluding tert-OH is 1. The number of ketones is 1. The van der Waals surface area contributed by atoms with Crippen molar-refractivity contribution in [1.82, 2.24) is 0 Å². The van der Waals surface area contributed by atoms with Gasteiger partial charge in [-0.2, -0.15) is 10.1 Å². The summed E-state index contributed by atoms with van der Waals surface area (Å²) in [4.78, 5) is 38.1. The number of allylic oxidation sites excluding steroid dienone is 6. The standard InChI is InChI=1S/C26H17Cl3N2O5/c1-2-36-26(35)21-17(25(34)31(30-21)22-19(28)12-14(27)13-20(22)29)10-4-3-5-11-18-23(32)15-8-6-7-9-16(15)24(18)33/h3-13,32H,2H2,1H3/b4-3?,11-5?,17-10-. The Hall–Kier alpha value is -3.65. The maximum absolute atomic E-state index is 13.1. The lowest BCUT2D eigenvalue weighted by Gasteiger charge is -2.15. The zero-order chi connectivity index (χ0) is 26.0. The minimum absolute atomic E-state index is 0.0494. The highest BCUT2D eigenvalue weighted by Crippen LogP contribution is 2.39. The van der Waals surface area contributed by atoms with Gasteiger partial charge in [-0.15, -0.1) is 0 Å². The second kappa shape index (κ2) is 10.5. The van der Waals surface area contributed by atoms with Gasteiger partial charge in [-0.1, -0.05) is 77.3 Å². The van der Waals surface area contributed by atoms with E-state index in [4.69, 9.17) is 39.5 Å². The summed E-state index contributed by atoms with van der Waals surface area (Å²) in [7, 11) is 0. The largest absolute Gasteiger partial charge is 0.507 e. The fraction of sp³-hybridized carbons (Fsp3) is 0.0769. The first-order valence-corrected chi connectivity index (χ1v) is 11.8. The van der Waals surface area contributed by atoms with Gasteiger partial charge in [0.05, 0.1) is 27.8 Å². The van der Waals surface area contributed by atoms with Crippen LogP contribution in [0.1, 0.15) is 22.8 Å². The topological polar surface area (TPSA) is 96.3 Å². The normalized spacial score (nSPS) is 16.6. The summed E-state index contributed by atoms with van der Waals surface area (Å²) < 4.78 is 5.03. The number of amides is 1. The number of anilines is 1. The van der Waals surface area contributed by atoms with Gasteiger partial charge in [0, 0.05) is 16.1 Å². The van der Waals surface area contributed by atoms with Crippen LogP contribution in [0.25, 0.3) is 5.76 Å². The van der Waals surface area contributed by atoms with Gasteiger partial charge in [-0.05, 0) is 31.2 Å². The van der Waals surface area contributed by atoms with Crippen molar-refractivity contribution in [1.29, 1.82) is 0 Å². The van der Waals surface area contributed by atoms with Crippen LogP contribution in [-0.4, -0.2) is 35.1 Å². The Kier molecular flexibility index (Phi) is 7.45. The van der Waals surface area contributed by atoms with Crippen LogP contribution in [0.15, 0.2) is 83.0 Å². The summed E-state index contributed by atoms with van der Waals surface area (Å²) in [6, 6.07) is 9.55. The predicted molar refractivity (Wildman–Crippen MR) is 140 cm³/mol. The minimum atomic E-state index is -0.797. The molecule has 182 valence electrons. The number of aliphatic hydroxyl groups is 1.